The van der Waals surface area contributed by atoms with Crippen molar-refractivity contribution in [1.29, 1.82) is 0 Å². The number of pyridine rings is 1. The van der Waals surface area contributed by atoms with E-state index in [4.69, 9.17) is 5.73 Å². The van der Waals surface area contributed by atoms with Crippen molar-refractivity contribution in [2.45, 2.75) is 12.2 Å². The van der Waals surface area contributed by atoms with Gasteiger partial charge in [-0.05, 0) is 17.7 Å². The van der Waals surface area contributed by atoms with Crippen LogP contribution in [-0.2, 0) is 0 Å². The van der Waals surface area contributed by atoms with Gasteiger partial charge in [-0.3, -0.25) is 4.98 Å². The van der Waals surface area contributed by atoms with Crippen molar-refractivity contribution in [2.75, 3.05) is 0 Å². The van der Waals surface area contributed by atoms with Gasteiger partial charge in [0, 0.05) is 12.4 Å². The Morgan fingerprint density at radius 3 is 1.93 bits per heavy atom. The van der Waals surface area contributed by atoms with Gasteiger partial charge >= 0.3 is 6.18 Å². The van der Waals surface area contributed by atoms with Crippen LogP contribution >= 0.6 is 24.8 Å². The van der Waals surface area contributed by atoms with E-state index in [1.54, 1.807) is 0 Å². The molecule has 0 amide bonds. The number of hydrogen-bond donors (Lipinski definition) is 1. The zero-order valence-electron chi connectivity index (χ0n) is 6.86. The molecule has 2 N–H and O–H groups in total. The maximum Gasteiger partial charge on any atom is 0.407 e. The lowest BCUT2D eigenvalue weighted by atomic mass is 10.1. The van der Waals surface area contributed by atoms with Gasteiger partial charge in [0.15, 0.2) is 0 Å². The Labute approximate surface area is 91.5 Å². The van der Waals surface area contributed by atoms with E-state index in [1.807, 2.05) is 0 Å². The molecule has 0 aliphatic rings. The van der Waals surface area contributed by atoms with E-state index in [0.717, 1.165) is 0 Å². The Morgan fingerprint density at radius 1 is 1.14 bits per heavy atom. The van der Waals surface area contributed by atoms with Crippen molar-refractivity contribution in [3.05, 3.63) is 30.1 Å². The van der Waals surface area contributed by atoms with Crippen LogP contribution < -0.4 is 5.73 Å². The minimum Gasteiger partial charge on any atom is -0.316 e. The van der Waals surface area contributed by atoms with Gasteiger partial charge in [-0.2, -0.15) is 13.2 Å². The average Bonchev–Trinajstić information content (AvgIpc) is 2.03. The fourth-order valence-corrected chi connectivity index (χ4v) is 0.760. The third-order valence-electron chi connectivity index (χ3n) is 1.42. The fourth-order valence-electron chi connectivity index (χ4n) is 0.760. The highest BCUT2D eigenvalue weighted by molar-refractivity contribution is 5.85. The van der Waals surface area contributed by atoms with E-state index in [0.29, 0.717) is 0 Å². The third kappa shape index (κ3) is 4.13. The molecule has 0 saturated heterocycles. The molecule has 1 aromatic rings. The number of nitrogens with two attached hydrogens (primary N) is 1. The molecule has 0 aromatic carbocycles. The summed E-state index contributed by atoms with van der Waals surface area (Å²) in [5, 5.41) is 0. The Balaban J connectivity index is 0. The molecule has 1 aromatic heterocycles. The lowest BCUT2D eigenvalue weighted by Gasteiger charge is -2.14. The maximum absolute atomic E-state index is 12.0. The van der Waals surface area contributed by atoms with Crippen LogP contribution in [0.3, 0.4) is 0 Å². The number of nitrogens with zero attached hydrogens (tertiary/aromatic N) is 1. The Hall–Kier alpha value is -0.520. The molecule has 1 heterocycles. The number of rotatable bonds is 1. The van der Waals surface area contributed by atoms with E-state index in [-0.39, 0.29) is 30.4 Å². The van der Waals surface area contributed by atoms with Gasteiger partial charge in [0.1, 0.15) is 6.04 Å². The lowest BCUT2D eigenvalue weighted by Crippen LogP contribution is -2.28. The van der Waals surface area contributed by atoms with Crippen LogP contribution in [0.2, 0.25) is 0 Å². The number of aromatic nitrogens is 1. The Kier molecular flexibility index (Phi) is 6.89. The monoisotopic (exact) mass is 248 g/mol. The minimum atomic E-state index is -4.39. The van der Waals surface area contributed by atoms with Crippen LogP contribution in [0.4, 0.5) is 13.2 Å². The van der Waals surface area contributed by atoms with E-state index < -0.39 is 12.2 Å². The van der Waals surface area contributed by atoms with Crippen LogP contribution in [0.1, 0.15) is 11.6 Å². The predicted molar refractivity (Wildman–Crippen MR) is 51.7 cm³/mol. The number of alkyl halides is 3. The minimum absolute atomic E-state index is 0. The molecule has 0 aliphatic heterocycles. The second kappa shape index (κ2) is 6.06. The Bertz CT molecular complexity index is 253. The summed E-state index contributed by atoms with van der Waals surface area (Å²) in [6.07, 6.45) is -1.83. The molecular weight excluding hydrogens is 240 g/mol. The maximum atomic E-state index is 12.0. The summed E-state index contributed by atoms with van der Waals surface area (Å²) in [5.41, 5.74) is 4.94. The first kappa shape index (κ1) is 15.9. The summed E-state index contributed by atoms with van der Waals surface area (Å²) in [5.74, 6) is 0. The first-order chi connectivity index (χ1) is 5.52. The number of hydrogen-bond acceptors (Lipinski definition) is 2. The molecule has 0 saturated carbocycles. The highest BCUT2D eigenvalue weighted by Crippen LogP contribution is 2.29. The molecular formula is C7H9Cl2F3N2. The summed E-state index contributed by atoms with van der Waals surface area (Å²) in [6, 6.07) is 0.580. The van der Waals surface area contributed by atoms with E-state index in [2.05, 4.69) is 4.98 Å². The second-order valence-corrected chi connectivity index (χ2v) is 2.30. The topological polar surface area (TPSA) is 38.9 Å². The summed E-state index contributed by atoms with van der Waals surface area (Å²) in [7, 11) is 0. The molecule has 1 atom stereocenters. The van der Waals surface area contributed by atoms with Crippen LogP contribution in [0.5, 0.6) is 0 Å². The lowest BCUT2D eigenvalue weighted by molar-refractivity contribution is -0.149. The van der Waals surface area contributed by atoms with Gasteiger partial charge in [-0.15, -0.1) is 24.8 Å². The fraction of sp³-hybridized carbons (Fsp3) is 0.286. The summed E-state index contributed by atoms with van der Waals surface area (Å²) >= 11 is 0. The van der Waals surface area contributed by atoms with Crippen LogP contribution in [0.15, 0.2) is 24.5 Å². The van der Waals surface area contributed by atoms with Gasteiger partial charge in [0.05, 0.1) is 0 Å². The zero-order valence-corrected chi connectivity index (χ0v) is 8.49. The van der Waals surface area contributed by atoms with Gasteiger partial charge in [-0.1, -0.05) is 0 Å². The van der Waals surface area contributed by atoms with Crippen molar-refractivity contribution in [1.82, 2.24) is 4.98 Å². The van der Waals surface area contributed by atoms with Crippen molar-refractivity contribution in [3.63, 3.8) is 0 Å². The molecule has 7 heteroatoms. The quantitative estimate of drug-likeness (QED) is 0.830. The first-order valence-electron chi connectivity index (χ1n) is 3.24. The summed E-state index contributed by atoms with van der Waals surface area (Å²) in [6.45, 7) is 0. The van der Waals surface area contributed by atoms with Crippen LogP contribution in [0.25, 0.3) is 0 Å². The van der Waals surface area contributed by atoms with Gasteiger partial charge < -0.3 is 5.73 Å². The second-order valence-electron chi connectivity index (χ2n) is 2.30. The highest BCUT2D eigenvalue weighted by atomic mass is 35.5. The van der Waals surface area contributed by atoms with Crippen molar-refractivity contribution in [3.8, 4) is 0 Å². The molecule has 0 radical (unpaired) electrons. The summed E-state index contributed by atoms with van der Waals surface area (Å²) < 4.78 is 36.0. The van der Waals surface area contributed by atoms with Crippen LogP contribution in [-0.4, -0.2) is 11.2 Å². The first-order valence-corrected chi connectivity index (χ1v) is 3.24. The smallest absolute Gasteiger partial charge is 0.316 e. The van der Waals surface area contributed by atoms with Crippen molar-refractivity contribution >= 4 is 24.8 Å². The Morgan fingerprint density at radius 2 is 1.57 bits per heavy atom. The average molecular weight is 249 g/mol. The van der Waals surface area contributed by atoms with Crippen molar-refractivity contribution < 1.29 is 13.2 Å². The van der Waals surface area contributed by atoms with Gasteiger partial charge in [0.2, 0.25) is 0 Å². The molecule has 0 unspecified atom stereocenters. The molecule has 0 aliphatic carbocycles. The standard InChI is InChI=1S/C7H7F3N2.2ClH/c8-7(9,10)6(11)5-1-3-12-4-2-5;;/h1-4,6H,11H2;2*1H/t6-;;/m1../s1. The SMILES string of the molecule is Cl.Cl.N[C@H](c1ccncc1)C(F)(F)F. The summed E-state index contributed by atoms with van der Waals surface area (Å²) in [4.78, 5) is 3.59. The van der Waals surface area contributed by atoms with E-state index >= 15 is 0 Å². The predicted octanol–water partition coefficient (Wildman–Crippen LogP) is 2.49. The number of halogens is 5. The van der Waals surface area contributed by atoms with Crippen molar-refractivity contribution in [2.24, 2.45) is 5.73 Å². The molecule has 82 valence electrons. The van der Waals surface area contributed by atoms with Gasteiger partial charge in [-0.25, -0.2) is 0 Å². The van der Waals surface area contributed by atoms with E-state index in [1.165, 1.54) is 24.5 Å². The third-order valence-corrected chi connectivity index (χ3v) is 1.42. The largest absolute Gasteiger partial charge is 0.407 e. The zero-order chi connectivity index (χ0) is 9.19. The normalized spacial score (nSPS) is 12.3. The molecule has 2 nitrogen and oxygen atoms in total. The molecule has 0 fully saturated rings. The molecule has 0 bridgehead atoms. The molecule has 14 heavy (non-hydrogen) atoms. The van der Waals surface area contributed by atoms with E-state index in [9.17, 15) is 13.2 Å². The molecule has 1 rings (SSSR count). The molecule has 0 spiro atoms. The highest BCUT2D eigenvalue weighted by Gasteiger charge is 2.37. The van der Waals surface area contributed by atoms with Crippen LogP contribution in [0, 0.1) is 0 Å². The van der Waals surface area contributed by atoms with Gasteiger partial charge in [0.25, 0.3) is 0 Å².